The van der Waals surface area contributed by atoms with Crippen molar-refractivity contribution in [3.8, 4) is 0 Å². The van der Waals surface area contributed by atoms with Gasteiger partial charge in [0.05, 0.1) is 25.3 Å². The van der Waals surface area contributed by atoms with Crippen molar-refractivity contribution in [1.82, 2.24) is 0 Å². The van der Waals surface area contributed by atoms with Crippen LogP contribution in [0, 0.1) is 0 Å². The van der Waals surface area contributed by atoms with E-state index in [9.17, 15) is 9.59 Å². The molecule has 1 aromatic carbocycles. The molecule has 0 aliphatic rings. The van der Waals surface area contributed by atoms with Crippen molar-refractivity contribution in [1.29, 1.82) is 0 Å². The van der Waals surface area contributed by atoms with Crippen molar-refractivity contribution in [2.24, 2.45) is 0 Å². The summed E-state index contributed by atoms with van der Waals surface area (Å²) in [7, 11) is 2.52. The van der Waals surface area contributed by atoms with E-state index in [0.29, 0.717) is 0 Å². The number of benzene rings is 1. The molecule has 0 amide bonds. The van der Waals surface area contributed by atoms with E-state index in [0.717, 1.165) is 0 Å². The van der Waals surface area contributed by atoms with Gasteiger partial charge in [0.2, 0.25) is 0 Å². The van der Waals surface area contributed by atoms with E-state index >= 15 is 0 Å². The number of esters is 2. The van der Waals surface area contributed by atoms with E-state index in [1.54, 1.807) is 12.1 Å². The standard InChI is InChI=1S/C10H10O4.K.H/c1-13-9(11)7-5-3-4-6-8(7)10(12)14-2;;/h3-6H,1-2H3;;. The zero-order chi connectivity index (χ0) is 10.6. The van der Waals surface area contributed by atoms with Crippen molar-refractivity contribution in [2.75, 3.05) is 14.2 Å². The summed E-state index contributed by atoms with van der Waals surface area (Å²) in [5.74, 6) is -1.10. The Morgan fingerprint density at radius 2 is 1.27 bits per heavy atom. The van der Waals surface area contributed by atoms with Gasteiger partial charge in [-0.25, -0.2) is 9.59 Å². The monoisotopic (exact) mass is 234 g/mol. The minimum absolute atomic E-state index is 0. The summed E-state index contributed by atoms with van der Waals surface area (Å²) in [6.45, 7) is 0. The number of rotatable bonds is 2. The van der Waals surface area contributed by atoms with Gasteiger partial charge in [0.15, 0.2) is 0 Å². The van der Waals surface area contributed by atoms with Crippen LogP contribution in [0.1, 0.15) is 20.7 Å². The van der Waals surface area contributed by atoms with Crippen molar-refractivity contribution < 1.29 is 19.1 Å². The van der Waals surface area contributed by atoms with Crippen LogP contribution in [0.3, 0.4) is 0 Å². The first-order valence-electron chi connectivity index (χ1n) is 3.96. The van der Waals surface area contributed by atoms with E-state index < -0.39 is 11.9 Å². The van der Waals surface area contributed by atoms with Gasteiger partial charge in [-0.05, 0) is 12.1 Å². The van der Waals surface area contributed by atoms with Gasteiger partial charge in [-0.15, -0.1) is 0 Å². The normalized spacial score (nSPS) is 8.67. The third kappa shape index (κ3) is 3.69. The molecular formula is C10H11KO4. The maximum absolute atomic E-state index is 11.2. The molecule has 0 saturated carbocycles. The third-order valence-electron chi connectivity index (χ3n) is 1.74. The average Bonchev–Trinajstić information content (AvgIpc) is 2.27. The third-order valence-corrected chi connectivity index (χ3v) is 1.74. The van der Waals surface area contributed by atoms with E-state index in [4.69, 9.17) is 0 Å². The molecule has 0 heterocycles. The summed E-state index contributed by atoms with van der Waals surface area (Å²) >= 11 is 0. The van der Waals surface area contributed by atoms with Gasteiger partial charge < -0.3 is 9.47 Å². The number of methoxy groups -OCH3 is 2. The minimum atomic E-state index is -0.550. The second kappa shape index (κ2) is 7.13. The predicted octanol–water partition coefficient (Wildman–Crippen LogP) is 0.611. The van der Waals surface area contributed by atoms with Crippen LogP contribution in [0.5, 0.6) is 0 Å². The Hall–Kier alpha value is -0.204. The Bertz CT molecular complexity index is 327. The first-order chi connectivity index (χ1) is 6.70. The van der Waals surface area contributed by atoms with Crippen LogP contribution in [0.2, 0.25) is 0 Å². The fourth-order valence-corrected chi connectivity index (χ4v) is 1.06. The van der Waals surface area contributed by atoms with Crippen LogP contribution >= 0.6 is 0 Å². The number of carbonyl (C=O) groups excluding carboxylic acids is 2. The molecule has 4 nitrogen and oxygen atoms in total. The molecule has 0 aliphatic carbocycles. The van der Waals surface area contributed by atoms with E-state index in [1.807, 2.05) is 0 Å². The van der Waals surface area contributed by atoms with Gasteiger partial charge in [0.1, 0.15) is 0 Å². The molecule has 0 spiro atoms. The van der Waals surface area contributed by atoms with Crippen LogP contribution in [-0.2, 0) is 9.47 Å². The molecule has 76 valence electrons. The molecule has 0 aliphatic heterocycles. The maximum atomic E-state index is 11.2. The second-order valence-electron chi connectivity index (χ2n) is 2.53. The fourth-order valence-electron chi connectivity index (χ4n) is 1.06. The van der Waals surface area contributed by atoms with Gasteiger partial charge in [-0.3, -0.25) is 0 Å². The Morgan fingerprint density at radius 3 is 1.53 bits per heavy atom. The molecule has 0 aromatic heterocycles. The molecule has 0 atom stereocenters. The summed E-state index contributed by atoms with van der Waals surface area (Å²) in [6, 6.07) is 6.33. The summed E-state index contributed by atoms with van der Waals surface area (Å²) in [4.78, 5) is 22.4. The Labute approximate surface area is 130 Å². The van der Waals surface area contributed by atoms with Crippen LogP contribution < -0.4 is 0 Å². The molecule has 15 heavy (non-hydrogen) atoms. The first-order valence-corrected chi connectivity index (χ1v) is 3.96. The summed E-state index contributed by atoms with van der Waals surface area (Å²) < 4.78 is 9.05. The molecular weight excluding hydrogens is 223 g/mol. The predicted molar refractivity (Wildman–Crippen MR) is 56.3 cm³/mol. The van der Waals surface area contributed by atoms with Crippen LogP contribution in [0.25, 0.3) is 0 Å². The Balaban J connectivity index is 0.00000196. The van der Waals surface area contributed by atoms with Gasteiger partial charge in [0.25, 0.3) is 0 Å². The van der Waals surface area contributed by atoms with Crippen molar-refractivity contribution in [2.45, 2.75) is 0 Å². The quantitative estimate of drug-likeness (QED) is 0.556. The van der Waals surface area contributed by atoms with Gasteiger partial charge in [-0.2, -0.15) is 0 Å². The second-order valence-corrected chi connectivity index (χ2v) is 2.53. The van der Waals surface area contributed by atoms with Gasteiger partial charge >= 0.3 is 63.3 Å². The van der Waals surface area contributed by atoms with Crippen molar-refractivity contribution in [3.63, 3.8) is 0 Å². The number of carbonyl (C=O) groups is 2. The van der Waals surface area contributed by atoms with Gasteiger partial charge in [-0.1, -0.05) is 12.1 Å². The molecule has 0 unspecified atom stereocenters. The summed E-state index contributed by atoms with van der Waals surface area (Å²) in [6.07, 6.45) is 0. The number of hydrogen-bond donors (Lipinski definition) is 0. The summed E-state index contributed by atoms with van der Waals surface area (Å²) in [5.41, 5.74) is 0.420. The molecule has 0 saturated heterocycles. The topological polar surface area (TPSA) is 52.6 Å². The van der Waals surface area contributed by atoms with Crippen molar-refractivity contribution >= 4 is 63.3 Å². The van der Waals surface area contributed by atoms with Crippen LogP contribution in [0.15, 0.2) is 24.3 Å². The van der Waals surface area contributed by atoms with Crippen LogP contribution in [0.4, 0.5) is 0 Å². The van der Waals surface area contributed by atoms with Gasteiger partial charge in [0, 0.05) is 0 Å². The Kier molecular flexibility index (Phi) is 7.04. The first kappa shape index (κ1) is 14.8. The summed E-state index contributed by atoms with van der Waals surface area (Å²) in [5, 5.41) is 0. The van der Waals surface area contributed by atoms with E-state index in [1.165, 1.54) is 26.4 Å². The van der Waals surface area contributed by atoms with E-state index in [-0.39, 0.29) is 62.5 Å². The SMILES string of the molecule is COC(=O)c1ccccc1C(=O)OC.[KH]. The number of ether oxygens (including phenoxy) is 2. The van der Waals surface area contributed by atoms with Crippen molar-refractivity contribution in [3.05, 3.63) is 35.4 Å². The molecule has 1 aromatic rings. The molecule has 5 heteroatoms. The molecule has 0 radical (unpaired) electrons. The van der Waals surface area contributed by atoms with E-state index in [2.05, 4.69) is 9.47 Å². The average molecular weight is 234 g/mol. The zero-order valence-electron chi connectivity index (χ0n) is 7.94. The fraction of sp³-hybridized carbons (Fsp3) is 0.200. The van der Waals surface area contributed by atoms with Crippen LogP contribution in [-0.4, -0.2) is 77.5 Å². The molecule has 1 rings (SSSR count). The number of hydrogen-bond acceptors (Lipinski definition) is 4. The molecule has 0 N–H and O–H groups in total. The molecule has 0 bridgehead atoms. The molecule has 0 fully saturated rings. The zero-order valence-corrected chi connectivity index (χ0v) is 7.94. The Morgan fingerprint density at radius 1 is 0.933 bits per heavy atom.